The predicted octanol–water partition coefficient (Wildman–Crippen LogP) is 3.79. The second-order valence-corrected chi connectivity index (χ2v) is 9.66. The fourth-order valence-corrected chi connectivity index (χ4v) is 3.80. The van der Waals surface area contributed by atoms with Crippen molar-refractivity contribution in [3.63, 3.8) is 0 Å². The Labute approximate surface area is 184 Å². The van der Waals surface area contributed by atoms with Crippen molar-refractivity contribution in [2.75, 3.05) is 19.6 Å². The van der Waals surface area contributed by atoms with Crippen molar-refractivity contribution >= 4 is 29.5 Å². The normalized spacial score (nSPS) is 19.1. The molecular formula is C22H34ClN3O4. The van der Waals surface area contributed by atoms with Gasteiger partial charge in [0, 0.05) is 42.8 Å². The first-order valence-electron chi connectivity index (χ1n) is 10.6. The number of nitrogens with one attached hydrogen (secondary N) is 1. The Morgan fingerprint density at radius 2 is 1.87 bits per heavy atom. The first-order valence-corrected chi connectivity index (χ1v) is 10.9. The number of ether oxygens (including phenoxy) is 1. The van der Waals surface area contributed by atoms with Gasteiger partial charge in [0.15, 0.2) is 0 Å². The van der Waals surface area contributed by atoms with Crippen LogP contribution < -0.4 is 5.32 Å². The van der Waals surface area contributed by atoms with E-state index in [2.05, 4.69) is 5.32 Å². The Bertz CT molecular complexity index is 744. The second-order valence-electron chi connectivity index (χ2n) is 9.20. The average molecular weight is 440 g/mol. The van der Waals surface area contributed by atoms with E-state index in [-0.39, 0.29) is 35.4 Å². The molecule has 168 valence electrons. The number of rotatable bonds is 4. The average Bonchev–Trinajstić information content (AvgIpc) is 2.75. The largest absolute Gasteiger partial charge is 0.444 e. The first-order chi connectivity index (χ1) is 13.9. The van der Waals surface area contributed by atoms with Crippen molar-refractivity contribution in [2.45, 2.75) is 72.4 Å². The van der Waals surface area contributed by atoms with Crippen LogP contribution in [0.2, 0.25) is 0 Å². The SMILES string of the molecule is CC1=C(Cl)CC=C(C(=O)NCC2CCN(C(=O)OC(C)(C)C)CC2)C(=O)N1C(C)C. The molecule has 0 unspecified atom stereocenters. The Kier molecular flexibility index (Phi) is 7.97. The minimum Gasteiger partial charge on any atom is -0.444 e. The lowest BCUT2D eigenvalue weighted by molar-refractivity contribution is -0.129. The maximum absolute atomic E-state index is 12.9. The van der Waals surface area contributed by atoms with Gasteiger partial charge in [0.1, 0.15) is 11.2 Å². The summed E-state index contributed by atoms with van der Waals surface area (Å²) in [6.07, 6.45) is 3.22. The lowest BCUT2D eigenvalue weighted by Gasteiger charge is -2.33. The van der Waals surface area contributed by atoms with Gasteiger partial charge in [-0.15, -0.1) is 0 Å². The van der Waals surface area contributed by atoms with Gasteiger partial charge in [0.2, 0.25) is 0 Å². The Morgan fingerprint density at radius 1 is 1.27 bits per heavy atom. The van der Waals surface area contributed by atoms with Crippen molar-refractivity contribution in [1.82, 2.24) is 15.1 Å². The minimum absolute atomic E-state index is 0.0993. The van der Waals surface area contributed by atoms with E-state index in [1.54, 1.807) is 22.8 Å². The molecule has 3 amide bonds. The van der Waals surface area contributed by atoms with Crippen LogP contribution in [-0.2, 0) is 14.3 Å². The van der Waals surface area contributed by atoms with Gasteiger partial charge in [0.25, 0.3) is 11.8 Å². The summed E-state index contributed by atoms with van der Waals surface area (Å²) < 4.78 is 5.41. The molecule has 30 heavy (non-hydrogen) atoms. The highest BCUT2D eigenvalue weighted by atomic mass is 35.5. The van der Waals surface area contributed by atoms with Gasteiger partial charge in [-0.1, -0.05) is 17.7 Å². The van der Waals surface area contributed by atoms with Crippen molar-refractivity contribution < 1.29 is 19.1 Å². The number of nitrogens with zero attached hydrogens (tertiary/aromatic N) is 2. The summed E-state index contributed by atoms with van der Waals surface area (Å²) in [6, 6.07) is -0.0993. The van der Waals surface area contributed by atoms with Crippen molar-refractivity contribution in [3.05, 3.63) is 22.4 Å². The number of allylic oxidation sites excluding steroid dienone is 3. The Hall–Kier alpha value is -2.02. The highest BCUT2D eigenvalue weighted by Crippen LogP contribution is 2.26. The number of hydrogen-bond donors (Lipinski definition) is 1. The third kappa shape index (κ3) is 6.24. The zero-order valence-corrected chi connectivity index (χ0v) is 19.6. The van der Waals surface area contributed by atoms with Crippen LogP contribution in [0.1, 0.15) is 60.8 Å². The van der Waals surface area contributed by atoms with Gasteiger partial charge in [-0.2, -0.15) is 0 Å². The Balaban J connectivity index is 1.89. The van der Waals surface area contributed by atoms with Gasteiger partial charge in [-0.05, 0) is 60.3 Å². The highest BCUT2D eigenvalue weighted by Gasteiger charge is 2.31. The lowest BCUT2D eigenvalue weighted by atomic mass is 9.97. The van der Waals surface area contributed by atoms with E-state index < -0.39 is 5.60 Å². The van der Waals surface area contributed by atoms with Crippen LogP contribution in [0.3, 0.4) is 0 Å². The number of carbonyl (C=O) groups is 3. The van der Waals surface area contributed by atoms with Gasteiger partial charge >= 0.3 is 6.09 Å². The molecular weight excluding hydrogens is 406 g/mol. The summed E-state index contributed by atoms with van der Waals surface area (Å²) in [7, 11) is 0. The third-order valence-corrected chi connectivity index (χ3v) is 5.69. The number of piperidine rings is 1. The summed E-state index contributed by atoms with van der Waals surface area (Å²) in [4.78, 5) is 41.1. The summed E-state index contributed by atoms with van der Waals surface area (Å²) in [5.41, 5.74) is 0.302. The number of carbonyl (C=O) groups excluding carboxylic acids is 3. The summed E-state index contributed by atoms with van der Waals surface area (Å²) in [6.45, 7) is 12.8. The number of hydrogen-bond acceptors (Lipinski definition) is 4. The van der Waals surface area contributed by atoms with Gasteiger partial charge in [-0.3, -0.25) is 9.59 Å². The molecule has 0 aromatic carbocycles. The van der Waals surface area contributed by atoms with Gasteiger partial charge < -0.3 is 19.9 Å². The minimum atomic E-state index is -0.513. The van der Waals surface area contributed by atoms with E-state index in [0.717, 1.165) is 12.8 Å². The topological polar surface area (TPSA) is 79.0 Å². The van der Waals surface area contributed by atoms with Crippen LogP contribution in [0.5, 0.6) is 0 Å². The zero-order chi connectivity index (χ0) is 22.6. The van der Waals surface area contributed by atoms with E-state index in [4.69, 9.17) is 16.3 Å². The molecule has 2 aliphatic rings. The maximum atomic E-state index is 12.9. The molecule has 0 aromatic rings. The van der Waals surface area contributed by atoms with Crippen molar-refractivity contribution in [2.24, 2.45) is 5.92 Å². The lowest BCUT2D eigenvalue weighted by Crippen LogP contribution is -2.44. The standard InChI is InChI=1S/C22H34ClN3O4/c1-14(2)26-15(3)18(23)8-7-17(20(26)28)19(27)24-13-16-9-11-25(12-10-16)21(29)30-22(4,5)6/h7,14,16H,8-13H2,1-6H3,(H,24,27). The van der Waals surface area contributed by atoms with Crippen molar-refractivity contribution in [1.29, 1.82) is 0 Å². The van der Waals surface area contributed by atoms with E-state index >= 15 is 0 Å². The first kappa shape index (κ1) is 24.3. The van der Waals surface area contributed by atoms with Crippen molar-refractivity contribution in [3.8, 4) is 0 Å². The van der Waals surface area contributed by atoms with Crippen LogP contribution in [0.15, 0.2) is 22.4 Å². The van der Waals surface area contributed by atoms with Crippen LogP contribution in [-0.4, -0.2) is 59.0 Å². The monoisotopic (exact) mass is 439 g/mol. The molecule has 2 aliphatic heterocycles. The number of halogens is 1. The van der Waals surface area contributed by atoms with Crippen LogP contribution in [0.4, 0.5) is 4.79 Å². The molecule has 0 aromatic heterocycles. The maximum Gasteiger partial charge on any atom is 0.410 e. The molecule has 2 rings (SSSR count). The van der Waals surface area contributed by atoms with Crippen LogP contribution in [0.25, 0.3) is 0 Å². The van der Waals surface area contributed by atoms with Gasteiger partial charge in [0.05, 0.1) is 0 Å². The molecule has 1 fully saturated rings. The molecule has 1 saturated heterocycles. The van der Waals surface area contributed by atoms with E-state index in [0.29, 0.717) is 36.8 Å². The molecule has 0 radical (unpaired) electrons. The zero-order valence-electron chi connectivity index (χ0n) is 18.9. The molecule has 0 bridgehead atoms. The van der Waals surface area contributed by atoms with Crippen LogP contribution >= 0.6 is 11.6 Å². The summed E-state index contributed by atoms with van der Waals surface area (Å²) in [5.74, 6) is -0.450. The van der Waals surface area contributed by atoms with E-state index in [1.165, 1.54) is 0 Å². The number of likely N-dealkylation sites (tertiary alicyclic amines) is 1. The third-order valence-electron chi connectivity index (χ3n) is 5.27. The molecule has 0 atom stereocenters. The second kappa shape index (κ2) is 9.86. The smallest absolute Gasteiger partial charge is 0.410 e. The predicted molar refractivity (Wildman–Crippen MR) is 117 cm³/mol. The fraction of sp³-hybridized carbons (Fsp3) is 0.682. The summed E-state index contributed by atoms with van der Waals surface area (Å²) in [5, 5.41) is 3.46. The van der Waals surface area contributed by atoms with E-state index in [9.17, 15) is 14.4 Å². The quantitative estimate of drug-likeness (QED) is 0.676. The van der Waals surface area contributed by atoms with Gasteiger partial charge in [-0.25, -0.2) is 4.79 Å². The Morgan fingerprint density at radius 3 is 2.40 bits per heavy atom. The highest BCUT2D eigenvalue weighted by molar-refractivity contribution is 6.31. The van der Waals surface area contributed by atoms with E-state index in [1.807, 2.05) is 34.6 Å². The molecule has 2 heterocycles. The molecule has 0 spiro atoms. The summed E-state index contributed by atoms with van der Waals surface area (Å²) >= 11 is 6.29. The molecule has 0 aliphatic carbocycles. The van der Waals surface area contributed by atoms with Crippen LogP contribution in [0, 0.1) is 5.92 Å². The molecule has 1 N–H and O–H groups in total. The number of amides is 3. The fourth-order valence-electron chi connectivity index (χ4n) is 3.63. The molecule has 0 saturated carbocycles. The molecule has 8 heteroatoms. The molecule has 7 nitrogen and oxygen atoms in total.